The first-order chi connectivity index (χ1) is 9.38. The predicted octanol–water partition coefficient (Wildman–Crippen LogP) is 4.97. The molecule has 1 aromatic heterocycles. The molecule has 1 aromatic carbocycles. The first kappa shape index (κ1) is 15.2. The molecule has 0 radical (unpaired) electrons. The maximum absolute atomic E-state index is 10.8. The van der Waals surface area contributed by atoms with Crippen molar-refractivity contribution in [3.63, 3.8) is 0 Å². The van der Waals surface area contributed by atoms with Gasteiger partial charge in [-0.1, -0.05) is 39.1 Å². The third-order valence-electron chi connectivity index (χ3n) is 2.69. The van der Waals surface area contributed by atoms with Crippen LogP contribution < -0.4 is 5.32 Å². The molecule has 106 valence electrons. The number of aromatic carboxylic acids is 1. The molecule has 0 aliphatic carbocycles. The van der Waals surface area contributed by atoms with Gasteiger partial charge in [-0.2, -0.15) is 0 Å². The number of rotatable bonds is 4. The number of aryl methyl sites for hydroxylation is 1. The molecule has 0 spiro atoms. The van der Waals surface area contributed by atoms with E-state index < -0.39 is 5.97 Å². The lowest BCUT2D eigenvalue weighted by Gasteiger charge is -2.10. The van der Waals surface area contributed by atoms with Crippen molar-refractivity contribution >= 4 is 50.8 Å². The molecule has 2 N–H and O–H groups in total. The van der Waals surface area contributed by atoms with E-state index in [4.69, 9.17) is 32.7 Å². The van der Waals surface area contributed by atoms with Gasteiger partial charge in [-0.05, 0) is 25.1 Å². The van der Waals surface area contributed by atoms with Crippen LogP contribution in [0.25, 0.3) is 0 Å². The Morgan fingerprint density at radius 1 is 1.35 bits per heavy atom. The standard InChI is InChI=1S/C13H10BrCl2NO3/c1-6-7(2-11(20-6)13(18)19)5-17-12-9(15)3-8(14)4-10(12)16/h2-4,17H,5H2,1H3,(H,18,19). The van der Waals surface area contributed by atoms with Crippen LogP contribution in [-0.4, -0.2) is 11.1 Å². The van der Waals surface area contributed by atoms with Crippen LogP contribution in [0.2, 0.25) is 10.0 Å². The number of carbonyl (C=O) groups is 1. The molecular formula is C13H10BrCl2NO3. The largest absolute Gasteiger partial charge is 0.475 e. The summed E-state index contributed by atoms with van der Waals surface area (Å²) >= 11 is 15.5. The van der Waals surface area contributed by atoms with Gasteiger partial charge in [-0.25, -0.2) is 4.79 Å². The van der Waals surface area contributed by atoms with Crippen molar-refractivity contribution in [1.82, 2.24) is 0 Å². The monoisotopic (exact) mass is 377 g/mol. The Morgan fingerprint density at radius 2 is 1.95 bits per heavy atom. The molecule has 0 atom stereocenters. The van der Waals surface area contributed by atoms with Gasteiger partial charge in [0.05, 0.1) is 15.7 Å². The van der Waals surface area contributed by atoms with Crippen LogP contribution in [-0.2, 0) is 6.54 Å². The van der Waals surface area contributed by atoms with Crippen LogP contribution in [0.1, 0.15) is 21.9 Å². The second-order valence-corrected chi connectivity index (χ2v) is 5.83. The predicted molar refractivity (Wildman–Crippen MR) is 81.9 cm³/mol. The Hall–Kier alpha value is -1.17. The number of carboxylic acid groups (broad SMARTS) is 1. The van der Waals surface area contributed by atoms with Gasteiger partial charge in [-0.15, -0.1) is 0 Å². The number of nitrogens with one attached hydrogen (secondary N) is 1. The van der Waals surface area contributed by atoms with Crippen molar-refractivity contribution in [3.8, 4) is 0 Å². The summed E-state index contributed by atoms with van der Waals surface area (Å²) in [7, 11) is 0. The molecule has 20 heavy (non-hydrogen) atoms. The van der Waals surface area contributed by atoms with Crippen molar-refractivity contribution in [2.45, 2.75) is 13.5 Å². The maximum atomic E-state index is 10.8. The average Bonchev–Trinajstić information content (AvgIpc) is 2.70. The van der Waals surface area contributed by atoms with Gasteiger partial charge < -0.3 is 14.8 Å². The first-order valence-corrected chi connectivity index (χ1v) is 7.14. The second-order valence-electron chi connectivity index (χ2n) is 4.10. The van der Waals surface area contributed by atoms with Crippen LogP contribution in [0.15, 0.2) is 27.1 Å². The van der Waals surface area contributed by atoms with Gasteiger partial charge in [0.25, 0.3) is 0 Å². The van der Waals surface area contributed by atoms with Crippen molar-refractivity contribution < 1.29 is 14.3 Å². The van der Waals surface area contributed by atoms with E-state index in [1.165, 1.54) is 6.07 Å². The molecule has 0 unspecified atom stereocenters. The summed E-state index contributed by atoms with van der Waals surface area (Å²) in [6.45, 7) is 2.07. The summed E-state index contributed by atoms with van der Waals surface area (Å²) < 4.78 is 5.91. The van der Waals surface area contributed by atoms with Crippen LogP contribution in [0.4, 0.5) is 5.69 Å². The molecule has 2 rings (SSSR count). The topological polar surface area (TPSA) is 62.5 Å². The molecule has 7 heteroatoms. The quantitative estimate of drug-likeness (QED) is 0.788. The van der Waals surface area contributed by atoms with E-state index >= 15 is 0 Å². The highest BCUT2D eigenvalue weighted by Crippen LogP contribution is 2.34. The molecule has 4 nitrogen and oxygen atoms in total. The molecule has 2 aromatic rings. The fourth-order valence-corrected chi connectivity index (χ4v) is 3.04. The van der Waals surface area contributed by atoms with E-state index in [1.54, 1.807) is 19.1 Å². The highest BCUT2D eigenvalue weighted by molar-refractivity contribution is 9.10. The van der Waals surface area contributed by atoms with Gasteiger partial charge >= 0.3 is 5.97 Å². The Morgan fingerprint density at radius 3 is 2.45 bits per heavy atom. The Balaban J connectivity index is 2.19. The van der Waals surface area contributed by atoms with Gasteiger partial charge in [0.15, 0.2) is 0 Å². The minimum Gasteiger partial charge on any atom is -0.475 e. The van der Waals surface area contributed by atoms with E-state index in [1.807, 2.05) is 0 Å². The van der Waals surface area contributed by atoms with E-state index in [-0.39, 0.29) is 5.76 Å². The zero-order valence-corrected chi connectivity index (χ0v) is 13.4. The number of carboxylic acids is 1. The number of hydrogen-bond acceptors (Lipinski definition) is 3. The number of furan rings is 1. The van der Waals surface area contributed by atoms with Crippen LogP contribution in [0, 0.1) is 6.92 Å². The first-order valence-electron chi connectivity index (χ1n) is 5.59. The molecule has 0 bridgehead atoms. The summed E-state index contributed by atoms with van der Waals surface area (Å²) in [5.74, 6) is -0.648. The zero-order chi connectivity index (χ0) is 14.9. The van der Waals surface area contributed by atoms with Gasteiger partial charge in [-0.3, -0.25) is 0 Å². The summed E-state index contributed by atoms with van der Waals surface area (Å²) in [6.07, 6.45) is 0. The smallest absolute Gasteiger partial charge is 0.371 e. The highest BCUT2D eigenvalue weighted by Gasteiger charge is 2.14. The molecule has 0 saturated heterocycles. The lowest BCUT2D eigenvalue weighted by atomic mass is 10.2. The molecule has 0 aliphatic rings. The Kier molecular flexibility index (Phi) is 4.62. The SMILES string of the molecule is Cc1oc(C(=O)O)cc1CNc1c(Cl)cc(Br)cc1Cl. The van der Waals surface area contributed by atoms with Gasteiger partial charge in [0.1, 0.15) is 5.76 Å². The van der Waals surface area contributed by atoms with Gasteiger partial charge in [0, 0.05) is 16.6 Å². The van der Waals surface area contributed by atoms with Crippen LogP contribution >= 0.6 is 39.1 Å². The fourth-order valence-electron chi connectivity index (χ4n) is 1.70. The van der Waals surface area contributed by atoms with Crippen molar-refractivity contribution in [2.75, 3.05) is 5.32 Å². The molecule has 0 aliphatic heterocycles. The maximum Gasteiger partial charge on any atom is 0.371 e. The third kappa shape index (κ3) is 3.29. The molecule has 1 heterocycles. The summed E-state index contributed by atoms with van der Waals surface area (Å²) in [5, 5.41) is 12.9. The van der Waals surface area contributed by atoms with Crippen molar-refractivity contribution in [3.05, 3.63) is 49.8 Å². The third-order valence-corrected chi connectivity index (χ3v) is 3.75. The highest BCUT2D eigenvalue weighted by atomic mass is 79.9. The molecule has 0 fully saturated rings. The van der Waals surface area contributed by atoms with Crippen molar-refractivity contribution in [2.24, 2.45) is 0 Å². The number of anilines is 1. The Labute approximate surface area is 133 Å². The number of halogens is 3. The van der Waals surface area contributed by atoms with E-state index in [2.05, 4.69) is 21.2 Å². The zero-order valence-electron chi connectivity index (χ0n) is 10.3. The summed E-state index contributed by atoms with van der Waals surface area (Å²) in [6, 6.07) is 4.92. The minimum absolute atomic E-state index is 0.0905. The fraction of sp³-hybridized carbons (Fsp3) is 0.154. The Bertz CT molecular complexity index is 647. The van der Waals surface area contributed by atoms with Crippen LogP contribution in [0.3, 0.4) is 0 Å². The normalized spacial score (nSPS) is 10.6. The summed E-state index contributed by atoms with van der Waals surface area (Å²) in [4.78, 5) is 10.8. The van der Waals surface area contributed by atoms with E-state index in [0.29, 0.717) is 28.0 Å². The van der Waals surface area contributed by atoms with E-state index in [9.17, 15) is 4.79 Å². The average molecular weight is 379 g/mol. The lowest BCUT2D eigenvalue weighted by molar-refractivity contribution is 0.0661. The lowest BCUT2D eigenvalue weighted by Crippen LogP contribution is -2.01. The number of benzene rings is 1. The van der Waals surface area contributed by atoms with Crippen molar-refractivity contribution in [1.29, 1.82) is 0 Å². The summed E-state index contributed by atoms with van der Waals surface area (Å²) in [5.41, 5.74) is 1.33. The molecule has 0 saturated carbocycles. The number of hydrogen-bond donors (Lipinski definition) is 2. The van der Waals surface area contributed by atoms with Crippen LogP contribution in [0.5, 0.6) is 0 Å². The van der Waals surface area contributed by atoms with Gasteiger partial charge in [0.2, 0.25) is 5.76 Å². The van der Waals surface area contributed by atoms with E-state index in [0.717, 1.165) is 10.0 Å². The second kappa shape index (κ2) is 6.08. The minimum atomic E-state index is -1.10. The molecule has 0 amide bonds. The molecular weight excluding hydrogens is 369 g/mol.